The van der Waals surface area contributed by atoms with Crippen molar-refractivity contribution in [3.8, 4) is 0 Å². The summed E-state index contributed by atoms with van der Waals surface area (Å²) in [5.74, 6) is -0.455. The highest BCUT2D eigenvalue weighted by Gasteiger charge is 2.13. The van der Waals surface area contributed by atoms with Crippen molar-refractivity contribution in [1.29, 1.82) is 0 Å². The van der Waals surface area contributed by atoms with Gasteiger partial charge in [-0.1, -0.05) is 0 Å². The topological polar surface area (TPSA) is 102 Å². The van der Waals surface area contributed by atoms with Gasteiger partial charge in [0.1, 0.15) is 0 Å². The molecule has 1 heterocycles. The molecule has 0 bridgehead atoms. The number of nitrogens with one attached hydrogen (secondary N) is 2. The maximum Gasteiger partial charge on any atom is 0.318 e. The van der Waals surface area contributed by atoms with Crippen LogP contribution in [0.5, 0.6) is 0 Å². The van der Waals surface area contributed by atoms with Crippen LogP contribution in [0.15, 0.2) is 12.3 Å². The van der Waals surface area contributed by atoms with Crippen LogP contribution in [0.25, 0.3) is 0 Å². The minimum absolute atomic E-state index is 0.453. The van der Waals surface area contributed by atoms with Crippen LogP contribution < -0.4 is 16.4 Å². The smallest absolute Gasteiger partial charge is 0.318 e. The monoisotopic (exact) mass is 225 g/mol. The number of aryl methyl sites for hydroxylation is 1. The molecule has 1 aromatic rings. The fourth-order valence-corrected chi connectivity index (χ4v) is 1.14. The number of amides is 3. The van der Waals surface area contributed by atoms with E-state index in [-0.39, 0.29) is 0 Å². The molecule has 0 radical (unpaired) electrons. The number of aromatic nitrogens is 2. The fraction of sp³-hybridized carbons (Fsp3) is 0.444. The lowest BCUT2D eigenvalue weighted by atomic mass is 10.3. The van der Waals surface area contributed by atoms with E-state index in [1.807, 2.05) is 24.6 Å². The van der Waals surface area contributed by atoms with Gasteiger partial charge in [-0.15, -0.1) is 0 Å². The molecule has 1 rings (SSSR count). The third-order valence-corrected chi connectivity index (χ3v) is 2.00. The standard InChI is InChI=1S/C9H15N5O2/c1-6(8(15)12-9(10)16)11-5-7-3-4-14(2)13-7/h3-4,6,11H,5H2,1-2H3,(H3,10,12,15,16). The lowest BCUT2D eigenvalue weighted by molar-refractivity contribution is -0.121. The largest absolute Gasteiger partial charge is 0.351 e. The summed E-state index contributed by atoms with van der Waals surface area (Å²) in [5, 5.41) is 9.05. The van der Waals surface area contributed by atoms with Crippen molar-refractivity contribution in [2.75, 3.05) is 0 Å². The molecule has 0 aliphatic heterocycles. The molecule has 1 unspecified atom stereocenters. The van der Waals surface area contributed by atoms with Gasteiger partial charge in [0, 0.05) is 19.8 Å². The first-order valence-electron chi connectivity index (χ1n) is 4.81. The fourth-order valence-electron chi connectivity index (χ4n) is 1.14. The first-order chi connectivity index (χ1) is 7.49. The van der Waals surface area contributed by atoms with Crippen LogP contribution in [0.3, 0.4) is 0 Å². The molecule has 1 aromatic heterocycles. The second-order valence-corrected chi connectivity index (χ2v) is 3.44. The van der Waals surface area contributed by atoms with Gasteiger partial charge in [-0.2, -0.15) is 5.10 Å². The predicted molar refractivity (Wildman–Crippen MR) is 57.2 cm³/mol. The van der Waals surface area contributed by atoms with E-state index in [0.29, 0.717) is 6.54 Å². The molecule has 0 aliphatic carbocycles. The number of hydrogen-bond acceptors (Lipinski definition) is 4. The van der Waals surface area contributed by atoms with Crippen molar-refractivity contribution in [1.82, 2.24) is 20.4 Å². The number of urea groups is 1. The van der Waals surface area contributed by atoms with Gasteiger partial charge in [-0.05, 0) is 13.0 Å². The van der Waals surface area contributed by atoms with Gasteiger partial charge < -0.3 is 11.1 Å². The maximum absolute atomic E-state index is 11.3. The lowest BCUT2D eigenvalue weighted by Gasteiger charge is -2.11. The Morgan fingerprint density at radius 3 is 2.81 bits per heavy atom. The quantitative estimate of drug-likeness (QED) is 0.617. The molecule has 0 saturated heterocycles. The van der Waals surface area contributed by atoms with Crippen LogP contribution in [0.4, 0.5) is 4.79 Å². The predicted octanol–water partition coefficient (Wildman–Crippen LogP) is -0.907. The van der Waals surface area contributed by atoms with Crippen LogP contribution >= 0.6 is 0 Å². The molecule has 0 fully saturated rings. The number of hydrogen-bond donors (Lipinski definition) is 3. The lowest BCUT2D eigenvalue weighted by Crippen LogP contribution is -2.46. The zero-order chi connectivity index (χ0) is 12.1. The van der Waals surface area contributed by atoms with E-state index in [1.165, 1.54) is 0 Å². The summed E-state index contributed by atoms with van der Waals surface area (Å²) < 4.78 is 1.67. The molecule has 7 nitrogen and oxygen atoms in total. The highest BCUT2D eigenvalue weighted by Crippen LogP contribution is 1.94. The van der Waals surface area contributed by atoms with Gasteiger partial charge in [0.15, 0.2) is 0 Å². The Kier molecular flexibility index (Phi) is 4.01. The number of nitrogens with two attached hydrogens (primary N) is 1. The third-order valence-electron chi connectivity index (χ3n) is 2.00. The molecule has 0 aliphatic rings. The Labute approximate surface area is 93.0 Å². The van der Waals surface area contributed by atoms with Crippen molar-refractivity contribution in [3.05, 3.63) is 18.0 Å². The normalized spacial score (nSPS) is 12.1. The molecule has 0 saturated carbocycles. The van der Waals surface area contributed by atoms with Crippen LogP contribution in [0.2, 0.25) is 0 Å². The summed E-state index contributed by atoms with van der Waals surface area (Å²) in [7, 11) is 1.81. The van der Waals surface area contributed by atoms with E-state index in [1.54, 1.807) is 11.6 Å². The van der Waals surface area contributed by atoms with Crippen molar-refractivity contribution >= 4 is 11.9 Å². The van der Waals surface area contributed by atoms with E-state index < -0.39 is 18.0 Å². The molecule has 1 atom stereocenters. The van der Waals surface area contributed by atoms with Gasteiger partial charge in [-0.25, -0.2) is 4.79 Å². The highest BCUT2D eigenvalue weighted by molar-refractivity contribution is 5.96. The first-order valence-corrected chi connectivity index (χ1v) is 4.81. The number of imide groups is 1. The van der Waals surface area contributed by atoms with Crippen LogP contribution in [0.1, 0.15) is 12.6 Å². The Morgan fingerprint density at radius 2 is 2.31 bits per heavy atom. The second kappa shape index (κ2) is 5.26. The van der Waals surface area contributed by atoms with Gasteiger partial charge in [0.05, 0.1) is 11.7 Å². The molecular weight excluding hydrogens is 210 g/mol. The van der Waals surface area contributed by atoms with E-state index >= 15 is 0 Å². The number of rotatable bonds is 4. The number of nitrogens with zero attached hydrogens (tertiary/aromatic N) is 2. The summed E-state index contributed by atoms with van der Waals surface area (Å²) in [5.41, 5.74) is 5.65. The summed E-state index contributed by atoms with van der Waals surface area (Å²) in [6, 6.07) is 0.483. The van der Waals surface area contributed by atoms with Crippen LogP contribution in [-0.4, -0.2) is 27.8 Å². The molecule has 7 heteroatoms. The molecular formula is C9H15N5O2. The number of carbonyl (C=O) groups is 2. The van der Waals surface area contributed by atoms with Crippen molar-refractivity contribution in [2.24, 2.45) is 12.8 Å². The van der Waals surface area contributed by atoms with Crippen molar-refractivity contribution in [3.63, 3.8) is 0 Å². The van der Waals surface area contributed by atoms with Gasteiger partial charge in [-0.3, -0.25) is 14.8 Å². The average Bonchev–Trinajstić information content (AvgIpc) is 2.59. The summed E-state index contributed by atoms with van der Waals surface area (Å²) >= 11 is 0. The first kappa shape index (κ1) is 12.2. The average molecular weight is 225 g/mol. The van der Waals surface area contributed by atoms with Crippen LogP contribution in [0, 0.1) is 0 Å². The maximum atomic E-state index is 11.3. The molecule has 16 heavy (non-hydrogen) atoms. The Morgan fingerprint density at radius 1 is 1.62 bits per heavy atom. The van der Waals surface area contributed by atoms with E-state index in [9.17, 15) is 9.59 Å². The summed E-state index contributed by atoms with van der Waals surface area (Å²) in [4.78, 5) is 21.7. The zero-order valence-corrected chi connectivity index (χ0v) is 9.23. The highest BCUT2D eigenvalue weighted by atomic mass is 16.2. The Balaban J connectivity index is 2.37. The molecule has 88 valence electrons. The van der Waals surface area contributed by atoms with Crippen LogP contribution in [-0.2, 0) is 18.4 Å². The molecule has 3 amide bonds. The Bertz CT molecular complexity index is 387. The SMILES string of the molecule is CC(NCc1ccn(C)n1)C(=O)NC(N)=O. The third kappa shape index (κ3) is 3.70. The molecule has 0 aromatic carbocycles. The molecule has 4 N–H and O–H groups in total. The van der Waals surface area contributed by atoms with E-state index in [2.05, 4.69) is 10.4 Å². The van der Waals surface area contributed by atoms with Crippen molar-refractivity contribution in [2.45, 2.75) is 19.5 Å². The minimum atomic E-state index is -0.850. The van der Waals surface area contributed by atoms with E-state index in [4.69, 9.17) is 5.73 Å². The van der Waals surface area contributed by atoms with Gasteiger partial charge >= 0.3 is 6.03 Å². The number of carbonyl (C=O) groups excluding carboxylic acids is 2. The summed E-state index contributed by atoms with van der Waals surface area (Å²) in [6.07, 6.45) is 1.81. The number of primary amides is 1. The van der Waals surface area contributed by atoms with Gasteiger partial charge in [0.2, 0.25) is 5.91 Å². The minimum Gasteiger partial charge on any atom is -0.351 e. The molecule has 0 spiro atoms. The van der Waals surface area contributed by atoms with E-state index in [0.717, 1.165) is 5.69 Å². The van der Waals surface area contributed by atoms with Gasteiger partial charge in [0.25, 0.3) is 0 Å². The zero-order valence-electron chi connectivity index (χ0n) is 9.23. The summed E-state index contributed by atoms with van der Waals surface area (Å²) in [6.45, 7) is 2.09. The second-order valence-electron chi connectivity index (χ2n) is 3.44. The van der Waals surface area contributed by atoms with Crippen molar-refractivity contribution < 1.29 is 9.59 Å². The Hall–Kier alpha value is -1.89.